The molecule has 56 valence electrons. The highest BCUT2D eigenvalue weighted by molar-refractivity contribution is 7.49. The molecular weight excluding hydrogens is 143 g/mol. The summed E-state index contributed by atoms with van der Waals surface area (Å²) in [6.07, 6.45) is 0. The molecular formula is C3H11N2O3P. The summed E-state index contributed by atoms with van der Waals surface area (Å²) < 4.78 is 10.9. The van der Waals surface area contributed by atoms with E-state index < -0.39 is 17.1 Å². The summed E-state index contributed by atoms with van der Waals surface area (Å²) in [6.45, 7) is 1.19. The van der Waals surface area contributed by atoms with E-state index >= 15 is 0 Å². The van der Waals surface area contributed by atoms with Gasteiger partial charge in [0.2, 0.25) is 0 Å². The zero-order valence-electron chi connectivity index (χ0n) is 5.67. The molecule has 0 saturated heterocycles. The minimum Gasteiger partial charge on any atom is -0.628 e. The molecule has 0 rings (SSSR count). The third-order valence-corrected chi connectivity index (χ3v) is 3.61. The van der Waals surface area contributed by atoms with E-state index in [1.807, 2.05) is 0 Å². The van der Waals surface area contributed by atoms with Crippen molar-refractivity contribution in [3.05, 3.63) is 10.4 Å². The Morgan fingerprint density at radius 2 is 1.44 bits per heavy atom. The first-order chi connectivity index (χ1) is 3.89. The first kappa shape index (κ1) is 9.07. The Bertz CT molecular complexity index is 123. The van der Waals surface area contributed by atoms with Crippen molar-refractivity contribution >= 4 is 7.44 Å². The van der Waals surface area contributed by atoms with Crippen LogP contribution in [0.2, 0.25) is 0 Å². The van der Waals surface area contributed by atoms with Gasteiger partial charge in [0.25, 0.3) is 0 Å². The molecule has 0 aliphatic rings. The van der Waals surface area contributed by atoms with Gasteiger partial charge in [0.05, 0.1) is 20.8 Å². The Morgan fingerprint density at radius 1 is 1.22 bits per heavy atom. The Hall–Kier alpha value is 0.0700. The van der Waals surface area contributed by atoms with E-state index in [9.17, 15) is 15.0 Å². The molecule has 9 heavy (non-hydrogen) atoms. The second kappa shape index (κ2) is 2.77. The second-order valence-corrected chi connectivity index (χ2v) is 5.07. The highest BCUT2D eigenvalue weighted by atomic mass is 31.2. The maximum Gasteiger partial charge on any atom is 0.418 e. The SMILES string of the molecule is C[NH+]([O-])P(C)(=O)[NH+](C)[O-]. The van der Waals surface area contributed by atoms with Gasteiger partial charge in [0.1, 0.15) is 0 Å². The van der Waals surface area contributed by atoms with Gasteiger partial charge >= 0.3 is 7.44 Å². The number of hydroxylamine groups is 2. The summed E-state index contributed by atoms with van der Waals surface area (Å²) in [7, 11) is -0.777. The molecule has 0 heterocycles. The van der Waals surface area contributed by atoms with Crippen molar-refractivity contribution < 1.29 is 14.2 Å². The molecule has 2 N–H and O–H groups in total. The first-order valence-electron chi connectivity index (χ1n) is 2.49. The lowest BCUT2D eigenvalue weighted by atomic mass is 11.5. The lowest BCUT2D eigenvalue weighted by Gasteiger charge is -2.29. The van der Waals surface area contributed by atoms with Gasteiger partial charge in [-0.2, -0.15) is 0 Å². The molecule has 0 aromatic carbocycles. The zero-order valence-corrected chi connectivity index (χ0v) is 6.57. The third kappa shape index (κ3) is 2.04. The first-order valence-corrected chi connectivity index (χ1v) is 4.64. The summed E-state index contributed by atoms with van der Waals surface area (Å²) in [5.41, 5.74) is 0. The molecule has 0 aromatic rings. The van der Waals surface area contributed by atoms with Gasteiger partial charge in [0.15, 0.2) is 0 Å². The number of quaternary nitrogens is 2. The van der Waals surface area contributed by atoms with E-state index in [-0.39, 0.29) is 0 Å². The van der Waals surface area contributed by atoms with Gasteiger partial charge in [-0.25, -0.2) is 4.57 Å². The average Bonchev–Trinajstić information content (AvgIpc) is 1.65. The van der Waals surface area contributed by atoms with Crippen LogP contribution in [0.4, 0.5) is 0 Å². The standard InChI is InChI=1S/C3H11N2O3P/c1-4(6)9(3,8)5(2)7/h4-5H,1-3H3. The molecule has 0 aliphatic heterocycles. The number of nitrogens with one attached hydrogen (secondary N) is 2. The fourth-order valence-electron chi connectivity index (χ4n) is 0.222. The fourth-order valence-corrected chi connectivity index (χ4v) is 0.665. The predicted molar refractivity (Wildman–Crippen MR) is 34.0 cm³/mol. The van der Waals surface area contributed by atoms with Gasteiger partial charge in [-0.3, -0.25) is 9.67 Å². The van der Waals surface area contributed by atoms with E-state index in [1.165, 1.54) is 20.8 Å². The lowest BCUT2D eigenvalue weighted by Crippen LogP contribution is -3.17. The predicted octanol–water partition coefficient (Wildman–Crippen LogP) is -2.17. The lowest BCUT2D eigenvalue weighted by molar-refractivity contribution is -0.802. The summed E-state index contributed by atoms with van der Waals surface area (Å²) in [6, 6.07) is 0. The van der Waals surface area contributed by atoms with Crippen molar-refractivity contribution in [3.8, 4) is 0 Å². The summed E-state index contributed by atoms with van der Waals surface area (Å²) in [4.78, 5) is -1.04. The molecule has 0 bridgehead atoms. The minimum absolute atomic E-state index is 0.519. The maximum absolute atomic E-state index is 10.9. The normalized spacial score (nSPS) is 24.6. The van der Waals surface area contributed by atoms with Crippen LogP contribution in [0.5, 0.6) is 0 Å². The Balaban J connectivity index is 4.21. The van der Waals surface area contributed by atoms with Crippen LogP contribution < -0.4 is 9.67 Å². The van der Waals surface area contributed by atoms with E-state index in [4.69, 9.17) is 0 Å². The van der Waals surface area contributed by atoms with E-state index in [1.54, 1.807) is 0 Å². The van der Waals surface area contributed by atoms with Crippen molar-refractivity contribution in [1.29, 1.82) is 0 Å². The Kier molecular flexibility index (Phi) is 2.79. The Labute approximate surface area is 53.9 Å². The molecule has 2 atom stereocenters. The van der Waals surface area contributed by atoms with Crippen LogP contribution in [0.1, 0.15) is 0 Å². The average molecular weight is 154 g/mol. The smallest absolute Gasteiger partial charge is 0.418 e. The molecule has 0 saturated carbocycles. The number of hydrogen-bond acceptors (Lipinski definition) is 3. The van der Waals surface area contributed by atoms with Crippen molar-refractivity contribution in [1.82, 2.24) is 0 Å². The van der Waals surface area contributed by atoms with Crippen LogP contribution in [0.15, 0.2) is 0 Å². The van der Waals surface area contributed by atoms with E-state index in [0.29, 0.717) is 0 Å². The number of hydrogen-bond donors (Lipinski definition) is 2. The molecule has 0 radical (unpaired) electrons. The van der Waals surface area contributed by atoms with Gasteiger partial charge in [0, 0.05) is 0 Å². The fraction of sp³-hybridized carbons (Fsp3) is 1.00. The molecule has 0 fully saturated rings. The molecule has 2 unspecified atom stereocenters. The van der Waals surface area contributed by atoms with Gasteiger partial charge in [-0.15, -0.1) is 0 Å². The third-order valence-electron chi connectivity index (χ3n) is 1.20. The molecule has 0 aromatic heterocycles. The second-order valence-electron chi connectivity index (χ2n) is 1.96. The van der Waals surface area contributed by atoms with E-state index in [0.717, 1.165) is 0 Å². The quantitative estimate of drug-likeness (QED) is 0.351. The highest BCUT2D eigenvalue weighted by Crippen LogP contribution is 2.14. The van der Waals surface area contributed by atoms with Crippen LogP contribution in [0.3, 0.4) is 0 Å². The van der Waals surface area contributed by atoms with E-state index in [2.05, 4.69) is 0 Å². The van der Waals surface area contributed by atoms with Crippen molar-refractivity contribution in [2.24, 2.45) is 0 Å². The minimum atomic E-state index is -3.11. The van der Waals surface area contributed by atoms with Crippen LogP contribution in [0, 0.1) is 10.4 Å². The van der Waals surface area contributed by atoms with Crippen LogP contribution in [-0.4, -0.2) is 20.8 Å². The van der Waals surface area contributed by atoms with Gasteiger partial charge in [-0.05, 0) is 0 Å². The van der Waals surface area contributed by atoms with Crippen molar-refractivity contribution in [2.45, 2.75) is 0 Å². The topological polar surface area (TPSA) is 72.1 Å². The highest BCUT2D eigenvalue weighted by Gasteiger charge is 2.25. The summed E-state index contributed by atoms with van der Waals surface area (Å²) in [5, 5.41) is 20.8. The largest absolute Gasteiger partial charge is 0.628 e. The van der Waals surface area contributed by atoms with Gasteiger partial charge in [-0.1, -0.05) is 0 Å². The van der Waals surface area contributed by atoms with Crippen molar-refractivity contribution in [3.63, 3.8) is 0 Å². The molecule has 0 amide bonds. The molecule has 6 heteroatoms. The Morgan fingerprint density at radius 3 is 1.44 bits per heavy atom. The molecule has 0 aliphatic carbocycles. The summed E-state index contributed by atoms with van der Waals surface area (Å²) in [5.74, 6) is 0. The zero-order chi connectivity index (χ0) is 7.65. The molecule has 5 nitrogen and oxygen atoms in total. The summed E-state index contributed by atoms with van der Waals surface area (Å²) >= 11 is 0. The molecule has 0 spiro atoms. The number of rotatable bonds is 2. The van der Waals surface area contributed by atoms with Crippen molar-refractivity contribution in [2.75, 3.05) is 20.8 Å². The van der Waals surface area contributed by atoms with Crippen LogP contribution in [-0.2, 0) is 4.57 Å². The van der Waals surface area contributed by atoms with Crippen LogP contribution in [0.25, 0.3) is 0 Å². The van der Waals surface area contributed by atoms with Gasteiger partial charge < -0.3 is 10.4 Å². The monoisotopic (exact) mass is 154 g/mol. The maximum atomic E-state index is 10.9. The van der Waals surface area contributed by atoms with Crippen LogP contribution >= 0.6 is 7.44 Å².